The van der Waals surface area contributed by atoms with Crippen molar-refractivity contribution in [2.45, 2.75) is 44.3 Å². The second kappa shape index (κ2) is 10.2. The highest BCUT2D eigenvalue weighted by Gasteiger charge is 2.35. The number of hydrogen-bond donors (Lipinski definition) is 1. The fourth-order valence-corrected chi connectivity index (χ4v) is 3.74. The van der Waals surface area contributed by atoms with Gasteiger partial charge in [0.1, 0.15) is 0 Å². The van der Waals surface area contributed by atoms with Gasteiger partial charge in [-0.15, -0.1) is 24.8 Å². The summed E-state index contributed by atoms with van der Waals surface area (Å²) in [4.78, 5) is 17.4. The molecule has 2 aliphatic heterocycles. The van der Waals surface area contributed by atoms with Crippen molar-refractivity contribution >= 4 is 30.7 Å². The van der Waals surface area contributed by atoms with Crippen molar-refractivity contribution in [3.8, 4) is 0 Å². The first-order chi connectivity index (χ1) is 10.8. The van der Waals surface area contributed by atoms with Crippen molar-refractivity contribution in [3.05, 3.63) is 35.9 Å². The van der Waals surface area contributed by atoms with Gasteiger partial charge in [-0.05, 0) is 44.8 Å². The summed E-state index contributed by atoms with van der Waals surface area (Å²) in [5.74, 6) is 0.341. The van der Waals surface area contributed by atoms with Crippen LogP contribution < -0.4 is 5.32 Å². The number of amides is 1. The van der Waals surface area contributed by atoms with Crippen LogP contribution in [0.1, 0.15) is 31.2 Å². The van der Waals surface area contributed by atoms with Crippen molar-refractivity contribution in [1.82, 2.24) is 15.1 Å². The number of likely N-dealkylation sites (N-methyl/N-ethyl adjacent to an activating group) is 1. The molecule has 6 heteroatoms. The van der Waals surface area contributed by atoms with Gasteiger partial charge in [0, 0.05) is 25.7 Å². The number of rotatable bonds is 4. The minimum atomic E-state index is 0. The van der Waals surface area contributed by atoms with Crippen LogP contribution in [0.3, 0.4) is 0 Å². The van der Waals surface area contributed by atoms with E-state index in [1.807, 2.05) is 13.1 Å². The van der Waals surface area contributed by atoms with Gasteiger partial charge in [-0.3, -0.25) is 9.69 Å². The predicted molar refractivity (Wildman–Crippen MR) is 103 cm³/mol. The van der Waals surface area contributed by atoms with E-state index in [2.05, 4.69) is 39.4 Å². The topological polar surface area (TPSA) is 35.6 Å². The first-order valence-electron chi connectivity index (χ1n) is 8.52. The Bertz CT molecular complexity index is 500. The van der Waals surface area contributed by atoms with E-state index in [0.717, 1.165) is 45.4 Å². The van der Waals surface area contributed by atoms with Crippen molar-refractivity contribution in [2.24, 2.45) is 0 Å². The van der Waals surface area contributed by atoms with E-state index in [9.17, 15) is 4.79 Å². The molecule has 1 N–H and O–H groups in total. The van der Waals surface area contributed by atoms with E-state index in [4.69, 9.17) is 0 Å². The molecule has 2 atom stereocenters. The molecule has 2 fully saturated rings. The molecule has 2 unspecified atom stereocenters. The quantitative estimate of drug-likeness (QED) is 0.880. The second-order valence-corrected chi connectivity index (χ2v) is 6.53. The van der Waals surface area contributed by atoms with Crippen molar-refractivity contribution in [3.63, 3.8) is 0 Å². The minimum absolute atomic E-state index is 0. The lowest BCUT2D eigenvalue weighted by atomic mass is 10.0. The number of hydrogen-bond acceptors (Lipinski definition) is 3. The smallest absolute Gasteiger partial charge is 0.239 e. The molecular formula is C18H29Cl2N3O. The molecular weight excluding hydrogens is 345 g/mol. The highest BCUT2D eigenvalue weighted by molar-refractivity contribution is 5.85. The molecule has 2 heterocycles. The number of nitrogens with zero attached hydrogens (tertiary/aromatic N) is 2. The number of piperidine rings is 1. The zero-order chi connectivity index (χ0) is 15.4. The van der Waals surface area contributed by atoms with Crippen LogP contribution in [0.2, 0.25) is 0 Å². The fraction of sp³-hybridized carbons (Fsp3) is 0.611. The molecule has 2 aliphatic rings. The van der Waals surface area contributed by atoms with E-state index in [0.29, 0.717) is 11.9 Å². The molecule has 0 spiro atoms. The molecule has 0 bridgehead atoms. The molecule has 24 heavy (non-hydrogen) atoms. The minimum Gasteiger partial charge on any atom is -0.340 e. The molecule has 136 valence electrons. The monoisotopic (exact) mass is 373 g/mol. The molecule has 1 amide bonds. The number of benzene rings is 1. The molecule has 0 aromatic heterocycles. The standard InChI is InChI=1S/C18H27N3O.2ClH/c1-19-16-9-5-12-21(14-16)18(22)17-10-6-11-20(17)13-15-7-3-2-4-8-15;;/h2-4,7-8,16-17,19H,5-6,9-14H2,1H3;2*1H. The van der Waals surface area contributed by atoms with Gasteiger partial charge in [0.25, 0.3) is 0 Å². The van der Waals surface area contributed by atoms with E-state index in [-0.39, 0.29) is 30.9 Å². The van der Waals surface area contributed by atoms with Gasteiger partial charge in [-0.1, -0.05) is 30.3 Å². The van der Waals surface area contributed by atoms with E-state index in [1.165, 1.54) is 12.0 Å². The summed E-state index contributed by atoms with van der Waals surface area (Å²) in [6.45, 7) is 3.72. The maximum atomic E-state index is 12.9. The molecule has 2 saturated heterocycles. The van der Waals surface area contributed by atoms with Crippen LogP contribution in [0.15, 0.2) is 30.3 Å². The molecule has 0 radical (unpaired) electrons. The van der Waals surface area contributed by atoms with E-state index < -0.39 is 0 Å². The van der Waals surface area contributed by atoms with Gasteiger partial charge in [0.2, 0.25) is 5.91 Å². The third-order valence-electron chi connectivity index (χ3n) is 5.02. The number of halogens is 2. The maximum absolute atomic E-state index is 12.9. The third-order valence-corrected chi connectivity index (χ3v) is 5.02. The lowest BCUT2D eigenvalue weighted by molar-refractivity contribution is -0.137. The van der Waals surface area contributed by atoms with Crippen LogP contribution in [0.25, 0.3) is 0 Å². The van der Waals surface area contributed by atoms with Crippen molar-refractivity contribution in [1.29, 1.82) is 0 Å². The Morgan fingerprint density at radius 3 is 2.54 bits per heavy atom. The number of likely N-dealkylation sites (tertiary alicyclic amines) is 2. The Morgan fingerprint density at radius 1 is 1.12 bits per heavy atom. The number of nitrogens with one attached hydrogen (secondary N) is 1. The third kappa shape index (κ3) is 5.09. The Morgan fingerprint density at radius 2 is 1.83 bits per heavy atom. The van der Waals surface area contributed by atoms with Gasteiger partial charge in [0.15, 0.2) is 0 Å². The van der Waals surface area contributed by atoms with Gasteiger partial charge >= 0.3 is 0 Å². The van der Waals surface area contributed by atoms with Crippen LogP contribution in [-0.4, -0.2) is 54.5 Å². The largest absolute Gasteiger partial charge is 0.340 e. The van der Waals surface area contributed by atoms with Crippen LogP contribution in [0, 0.1) is 0 Å². The second-order valence-electron chi connectivity index (χ2n) is 6.53. The lowest BCUT2D eigenvalue weighted by Crippen LogP contribution is -2.52. The average Bonchev–Trinajstić information content (AvgIpc) is 3.03. The summed E-state index contributed by atoms with van der Waals surface area (Å²) >= 11 is 0. The van der Waals surface area contributed by atoms with Gasteiger partial charge in [-0.2, -0.15) is 0 Å². The first-order valence-corrected chi connectivity index (χ1v) is 8.52. The number of carbonyl (C=O) groups is 1. The highest BCUT2D eigenvalue weighted by atomic mass is 35.5. The Balaban J connectivity index is 0.00000144. The molecule has 3 rings (SSSR count). The Hall–Kier alpha value is -0.810. The summed E-state index contributed by atoms with van der Waals surface area (Å²) in [5.41, 5.74) is 1.30. The van der Waals surface area contributed by atoms with Crippen LogP contribution in [0.4, 0.5) is 0 Å². The zero-order valence-corrected chi connectivity index (χ0v) is 16.0. The SMILES string of the molecule is CNC1CCCN(C(=O)C2CCCN2Cc2ccccc2)C1.Cl.Cl. The average molecular weight is 374 g/mol. The van der Waals surface area contributed by atoms with Gasteiger partial charge in [-0.25, -0.2) is 0 Å². The van der Waals surface area contributed by atoms with E-state index in [1.54, 1.807) is 0 Å². The summed E-state index contributed by atoms with van der Waals surface area (Å²) in [7, 11) is 2.00. The summed E-state index contributed by atoms with van der Waals surface area (Å²) in [6.07, 6.45) is 4.43. The maximum Gasteiger partial charge on any atom is 0.239 e. The Labute approximate surface area is 157 Å². The molecule has 1 aromatic rings. The van der Waals surface area contributed by atoms with Gasteiger partial charge < -0.3 is 10.2 Å². The summed E-state index contributed by atoms with van der Waals surface area (Å²) < 4.78 is 0. The Kier molecular flexibility index (Phi) is 9.06. The molecule has 4 nitrogen and oxygen atoms in total. The van der Waals surface area contributed by atoms with Crippen LogP contribution in [0.5, 0.6) is 0 Å². The molecule has 1 aromatic carbocycles. The lowest BCUT2D eigenvalue weighted by Gasteiger charge is -2.36. The predicted octanol–water partition coefficient (Wildman–Crippen LogP) is 2.71. The first kappa shape index (κ1) is 21.2. The van der Waals surface area contributed by atoms with Crippen LogP contribution >= 0.6 is 24.8 Å². The number of carbonyl (C=O) groups excluding carboxylic acids is 1. The van der Waals surface area contributed by atoms with Gasteiger partial charge in [0.05, 0.1) is 6.04 Å². The summed E-state index contributed by atoms with van der Waals surface area (Å²) in [6, 6.07) is 11.0. The van der Waals surface area contributed by atoms with Crippen LogP contribution in [-0.2, 0) is 11.3 Å². The molecule has 0 aliphatic carbocycles. The fourth-order valence-electron chi connectivity index (χ4n) is 3.74. The normalized spacial score (nSPS) is 24.1. The summed E-state index contributed by atoms with van der Waals surface area (Å²) in [5, 5.41) is 3.32. The van der Waals surface area contributed by atoms with Crippen molar-refractivity contribution in [2.75, 3.05) is 26.7 Å². The highest BCUT2D eigenvalue weighted by Crippen LogP contribution is 2.23. The zero-order valence-electron chi connectivity index (χ0n) is 14.3. The van der Waals surface area contributed by atoms with Crippen molar-refractivity contribution < 1.29 is 4.79 Å². The molecule has 0 saturated carbocycles. The van der Waals surface area contributed by atoms with E-state index >= 15 is 0 Å².